The lowest BCUT2D eigenvalue weighted by molar-refractivity contribution is 0.271. The monoisotopic (exact) mass is 1450 g/mol. The van der Waals surface area contributed by atoms with Crippen LogP contribution in [0.2, 0.25) is 10.3 Å². The molecule has 0 saturated carbocycles. The summed E-state index contributed by atoms with van der Waals surface area (Å²) < 4.78 is 5.13. The summed E-state index contributed by atoms with van der Waals surface area (Å²) in [6.07, 6.45) is 5.94. The molecule has 14 rings (SSSR count). The molecule has 102 heavy (non-hydrogen) atoms. The molecule has 20 heteroatoms. The molecule has 0 atom stereocenters. The lowest BCUT2D eigenvalue weighted by Gasteiger charge is -2.34. The van der Waals surface area contributed by atoms with Crippen molar-refractivity contribution in [3.05, 3.63) is 361 Å². The van der Waals surface area contributed by atoms with Crippen LogP contribution >= 0.6 is 39.1 Å². The highest BCUT2D eigenvalue weighted by atomic mass is 79.9. The number of tetrazole rings is 2. The number of aliphatic hydroxyl groups excluding tert-OH is 2. The van der Waals surface area contributed by atoms with Crippen LogP contribution in [0.3, 0.4) is 0 Å². The van der Waals surface area contributed by atoms with Crippen molar-refractivity contribution < 1.29 is 20.3 Å². The van der Waals surface area contributed by atoms with Crippen LogP contribution in [0.5, 0.6) is 0 Å². The zero-order valence-electron chi connectivity index (χ0n) is 56.5. The van der Waals surface area contributed by atoms with Crippen LogP contribution in [0.15, 0.2) is 284 Å². The second-order valence-electron chi connectivity index (χ2n) is 24.5. The van der Waals surface area contributed by atoms with Gasteiger partial charge in [0.25, 0.3) is 0 Å². The first kappa shape index (κ1) is 71.5. The first-order chi connectivity index (χ1) is 50.0. The van der Waals surface area contributed by atoms with Gasteiger partial charge in [0.15, 0.2) is 21.4 Å². The largest absolute Gasteiger partial charge is 0.489 e. The normalized spacial score (nSPS) is 11.4. The summed E-state index contributed by atoms with van der Waals surface area (Å²) in [6.45, 7) is 5.32. The summed E-state index contributed by atoms with van der Waals surface area (Å²) >= 11 is 16.0. The molecule has 0 aliphatic rings. The first-order valence-electron chi connectivity index (χ1n) is 34.0. The molecule has 0 bridgehead atoms. The second kappa shape index (κ2) is 33.9. The minimum Gasteiger partial charge on any atom is -0.423 e. The quantitative estimate of drug-likeness (QED) is 0.0330. The van der Waals surface area contributed by atoms with Crippen molar-refractivity contribution in [1.29, 1.82) is 0 Å². The number of aliphatic hydroxyl groups is 2. The second-order valence-corrected chi connectivity index (χ2v) is 26.1. The van der Waals surface area contributed by atoms with Gasteiger partial charge in [-0.05, 0) is 96.5 Å². The Hall–Kier alpha value is -10.3. The lowest BCUT2D eigenvalue weighted by Crippen LogP contribution is -2.39. The van der Waals surface area contributed by atoms with E-state index < -0.39 is 18.2 Å². The van der Waals surface area contributed by atoms with E-state index in [0.717, 1.165) is 116 Å². The number of rotatable bonds is 24. The fourth-order valence-corrected chi connectivity index (χ4v) is 13.8. The Bertz CT molecular complexity index is 4760. The van der Waals surface area contributed by atoms with Crippen LogP contribution in [0.25, 0.3) is 33.9 Å². The van der Waals surface area contributed by atoms with Crippen molar-refractivity contribution >= 4 is 51.7 Å². The first-order valence-corrected chi connectivity index (χ1v) is 35.6. The molecule has 0 saturated heterocycles. The summed E-state index contributed by atoms with van der Waals surface area (Å²) in [6, 6.07) is 92.9. The Kier molecular flexibility index (Phi) is 23.8. The van der Waals surface area contributed by atoms with Crippen LogP contribution in [0.1, 0.15) is 107 Å². The maximum atomic E-state index is 10.0. The Labute approximate surface area is 612 Å². The Morgan fingerprint density at radius 3 is 1.08 bits per heavy atom. The molecule has 16 nitrogen and oxygen atoms in total. The molecular weight excluding hydrogens is 1380 g/mol. The van der Waals surface area contributed by atoms with E-state index in [0.29, 0.717) is 57.5 Å². The number of unbranched alkanes of at least 4 members (excludes halogenated alkanes) is 2. The van der Waals surface area contributed by atoms with Crippen molar-refractivity contribution in [3.63, 3.8) is 0 Å². The highest BCUT2D eigenvalue weighted by Gasteiger charge is 2.43. The maximum absolute atomic E-state index is 10.0. The number of halogens is 3. The van der Waals surface area contributed by atoms with Crippen molar-refractivity contribution in [1.82, 2.24) is 59.5 Å². The smallest absolute Gasteiger partial charge is 0.423 e. The zero-order chi connectivity index (χ0) is 70.8. The molecule has 4 aromatic heterocycles. The molecule has 10 aromatic carbocycles. The van der Waals surface area contributed by atoms with E-state index in [4.69, 9.17) is 43.7 Å². The van der Waals surface area contributed by atoms with Gasteiger partial charge in [0.1, 0.15) is 11.6 Å². The highest BCUT2D eigenvalue weighted by molar-refractivity contribution is 9.10. The molecule has 0 aliphatic heterocycles. The molecular formula is C82H76BBrCl2N12O4. The number of hydrogen-bond donors (Lipinski definition) is 4. The van der Waals surface area contributed by atoms with E-state index in [1.54, 1.807) is 33.9 Å². The van der Waals surface area contributed by atoms with Crippen molar-refractivity contribution in [2.45, 2.75) is 89.8 Å². The Morgan fingerprint density at radius 1 is 0.402 bits per heavy atom. The molecule has 0 radical (unpaired) electrons. The van der Waals surface area contributed by atoms with Gasteiger partial charge in [-0.25, -0.2) is 9.97 Å². The van der Waals surface area contributed by atoms with Crippen molar-refractivity contribution in [3.8, 4) is 33.9 Å². The molecule has 0 unspecified atom stereocenters. The Balaban J connectivity index is 0.000000159. The summed E-state index contributed by atoms with van der Waals surface area (Å²) in [5.41, 5.74) is 11.6. The third-order valence-corrected chi connectivity index (χ3v) is 19.2. The summed E-state index contributed by atoms with van der Waals surface area (Å²) in [5.74, 6) is 2.69. The average Bonchev–Trinajstić information content (AvgIpc) is 1.25. The summed E-state index contributed by atoms with van der Waals surface area (Å²) in [5, 5.41) is 68.2. The summed E-state index contributed by atoms with van der Waals surface area (Å²) in [4.78, 5) is 12.3. The van der Waals surface area contributed by atoms with Crippen molar-refractivity contribution in [2.75, 3.05) is 0 Å². The molecule has 4 heterocycles. The van der Waals surface area contributed by atoms with Gasteiger partial charge in [-0.3, -0.25) is 0 Å². The number of aryl methyl sites for hydroxylation is 2. The zero-order valence-corrected chi connectivity index (χ0v) is 59.6. The molecule has 14 aromatic rings. The minimum atomic E-state index is -1.64. The van der Waals surface area contributed by atoms with Crippen molar-refractivity contribution in [2.24, 2.45) is 0 Å². The van der Waals surface area contributed by atoms with Crippen LogP contribution in [-0.2, 0) is 50.2 Å². The van der Waals surface area contributed by atoms with E-state index in [1.807, 2.05) is 149 Å². The third kappa shape index (κ3) is 15.5. The maximum Gasteiger partial charge on any atom is 0.489 e. The van der Waals surface area contributed by atoms with Gasteiger partial charge in [-0.15, -0.1) is 30.0 Å². The fraction of sp³-hybridized carbons (Fsp3) is 0.171. The molecule has 4 N–H and O–H groups in total. The molecule has 0 spiro atoms. The minimum absolute atomic E-state index is 0.0888. The topological polar surface area (TPSA) is 204 Å². The fourth-order valence-electron chi connectivity index (χ4n) is 13.0. The number of imidazole rings is 2. The van der Waals surface area contributed by atoms with E-state index in [9.17, 15) is 20.3 Å². The average molecular weight is 1460 g/mol. The van der Waals surface area contributed by atoms with Crippen LogP contribution in [-0.4, -0.2) is 86.9 Å². The van der Waals surface area contributed by atoms with Gasteiger partial charge in [0, 0.05) is 41.5 Å². The molecule has 0 fully saturated rings. The van der Waals surface area contributed by atoms with Crippen LogP contribution in [0, 0.1) is 0 Å². The third-order valence-electron chi connectivity index (χ3n) is 18.1. The number of benzene rings is 10. The summed E-state index contributed by atoms with van der Waals surface area (Å²) in [7, 11) is -1.64. The van der Waals surface area contributed by atoms with Gasteiger partial charge in [0.2, 0.25) is 11.6 Å². The predicted octanol–water partition coefficient (Wildman–Crippen LogP) is 15.6. The van der Waals surface area contributed by atoms with E-state index in [1.165, 1.54) is 0 Å². The van der Waals surface area contributed by atoms with Gasteiger partial charge in [0.05, 0.1) is 24.6 Å². The van der Waals surface area contributed by atoms with Crippen LogP contribution in [0.4, 0.5) is 0 Å². The highest BCUT2D eigenvalue weighted by Crippen LogP contribution is 2.42. The molecule has 0 aliphatic carbocycles. The van der Waals surface area contributed by atoms with Gasteiger partial charge < -0.3 is 29.4 Å². The number of hydrogen-bond acceptors (Lipinski definition) is 12. The standard InChI is InChI=1S/C41H37ClN6O.C26H21BN4O2.C15H18BrClN2O/c1-2-3-23-38-43-39(42)37(29-49)47(38)28-30-24-26-31(27-25-30)35-21-13-14-22-36(35)40-44-46-48(45-40)41(32-15-7-4-8-16-32,33-17-9-5-10-18-33)34-19-11-6-12-20-34;32-27(33)24-19-11-10-18-23(24)25-28-30-31(29-25)26(20-12-4-1-5-13-20,21-14-6-2-7-15-21)22-16-8-3-9-17-22;1-2-3-4-14-18-15(17)13(10-20)19(14)9-11-5-7-12(16)8-6-11/h4-22,24-27,49H,2-3,23,28-29H2,1H3;1-19,32-33H;5-8,20H,2-4,9-10H2,1H3. The number of aromatic nitrogens is 12. The van der Waals surface area contributed by atoms with E-state index >= 15 is 0 Å². The predicted molar refractivity (Wildman–Crippen MR) is 407 cm³/mol. The van der Waals surface area contributed by atoms with Gasteiger partial charge in [-0.2, -0.15) is 0 Å². The van der Waals surface area contributed by atoms with Gasteiger partial charge in [-0.1, -0.05) is 333 Å². The number of nitrogens with zero attached hydrogens (tertiary/aromatic N) is 12. The lowest BCUT2D eigenvalue weighted by atomic mass is 9.77. The SMILES string of the molecule is CCCCc1nc(Cl)c(CO)n1Cc1ccc(-c2ccccc2-c2nnn(C(c3ccccc3)(c3ccccc3)c3ccccc3)n2)cc1.CCCCc1nc(Cl)c(CO)n1Cc1ccc(Br)cc1.OB(O)c1ccccc1-c1nnn(C(c2ccccc2)(c2ccccc2)c2ccccc2)n1. The van der Waals surface area contributed by atoms with E-state index in [-0.39, 0.29) is 13.2 Å². The van der Waals surface area contributed by atoms with Crippen LogP contribution < -0.4 is 5.46 Å². The van der Waals surface area contributed by atoms with Gasteiger partial charge >= 0.3 is 7.12 Å². The Morgan fingerprint density at radius 2 is 0.725 bits per heavy atom. The molecule has 0 amide bonds. The van der Waals surface area contributed by atoms with E-state index in [2.05, 4.69) is 165 Å². The molecule has 512 valence electrons.